The van der Waals surface area contributed by atoms with Gasteiger partial charge < -0.3 is 10.3 Å². The Balaban J connectivity index is 2.23. The summed E-state index contributed by atoms with van der Waals surface area (Å²) < 4.78 is 37.7. The lowest BCUT2D eigenvalue weighted by Crippen LogP contribution is -2.16. The Morgan fingerprint density at radius 1 is 1.24 bits per heavy atom. The first-order valence-electron chi connectivity index (χ1n) is 5.64. The number of hydrogen-bond donors (Lipinski definition) is 2. The van der Waals surface area contributed by atoms with Crippen molar-refractivity contribution >= 4 is 23.2 Å². The van der Waals surface area contributed by atoms with Gasteiger partial charge in [-0.1, -0.05) is 17.7 Å². The van der Waals surface area contributed by atoms with Gasteiger partial charge in [0.05, 0.1) is 11.1 Å². The third kappa shape index (κ3) is 3.63. The summed E-state index contributed by atoms with van der Waals surface area (Å²) in [7, 11) is 0. The summed E-state index contributed by atoms with van der Waals surface area (Å²) in [6.07, 6.45) is -3.38. The summed E-state index contributed by atoms with van der Waals surface area (Å²) in [4.78, 5) is 25.2. The molecular weight excluding hydrogens is 309 g/mol. The van der Waals surface area contributed by atoms with Gasteiger partial charge in [0.15, 0.2) is 0 Å². The monoisotopic (exact) mass is 316 g/mol. The molecule has 0 aliphatic carbocycles. The Hall–Kier alpha value is -2.28. The normalized spacial score (nSPS) is 11.2. The van der Waals surface area contributed by atoms with Gasteiger partial charge in [-0.25, -0.2) is 0 Å². The van der Waals surface area contributed by atoms with Crippen molar-refractivity contribution in [2.45, 2.75) is 6.18 Å². The predicted octanol–water partition coefficient (Wildman–Crippen LogP) is 3.30. The predicted molar refractivity (Wildman–Crippen MR) is 71.5 cm³/mol. The Morgan fingerprint density at radius 3 is 2.57 bits per heavy atom. The van der Waals surface area contributed by atoms with Gasteiger partial charge in [-0.05, 0) is 24.3 Å². The van der Waals surface area contributed by atoms with Crippen molar-refractivity contribution in [3.63, 3.8) is 0 Å². The fourth-order valence-electron chi connectivity index (χ4n) is 1.56. The van der Waals surface area contributed by atoms with Gasteiger partial charge in [-0.3, -0.25) is 9.59 Å². The van der Waals surface area contributed by atoms with E-state index in [1.165, 1.54) is 12.1 Å². The number of alkyl halides is 3. The maximum absolute atomic E-state index is 12.6. The molecule has 1 aromatic carbocycles. The number of H-pyrrole nitrogens is 1. The van der Waals surface area contributed by atoms with E-state index in [4.69, 9.17) is 11.6 Å². The molecule has 1 heterocycles. The molecule has 0 radical (unpaired) electrons. The number of anilines is 1. The van der Waals surface area contributed by atoms with Gasteiger partial charge in [0, 0.05) is 11.9 Å². The van der Waals surface area contributed by atoms with Gasteiger partial charge >= 0.3 is 6.18 Å². The molecule has 2 rings (SSSR count). The maximum Gasteiger partial charge on any atom is 0.416 e. The number of benzene rings is 1. The van der Waals surface area contributed by atoms with Crippen LogP contribution in [0.3, 0.4) is 0 Å². The Bertz CT molecular complexity index is 741. The number of rotatable bonds is 2. The molecule has 21 heavy (non-hydrogen) atoms. The van der Waals surface area contributed by atoms with Crippen molar-refractivity contribution < 1.29 is 18.0 Å². The molecule has 2 N–H and O–H groups in total. The number of carbonyl (C=O) groups excluding carboxylic acids is 1. The lowest BCUT2D eigenvalue weighted by atomic mass is 10.2. The number of nitrogens with one attached hydrogen (secondary N) is 2. The number of hydrogen-bond acceptors (Lipinski definition) is 2. The van der Waals surface area contributed by atoms with Crippen LogP contribution in [0.5, 0.6) is 0 Å². The number of amides is 1. The highest BCUT2D eigenvalue weighted by atomic mass is 35.5. The standard InChI is InChI=1S/C13H8ClF3N2O2/c14-10-4-7(6-18-12(10)21)11(20)19-9-3-1-2-8(5-9)13(15,16)17/h1-6H,(H,18,21)(H,19,20). The van der Waals surface area contributed by atoms with Crippen molar-refractivity contribution in [1.82, 2.24) is 4.98 Å². The van der Waals surface area contributed by atoms with Crippen molar-refractivity contribution in [3.05, 3.63) is 63.0 Å². The topological polar surface area (TPSA) is 62.0 Å². The van der Waals surface area contributed by atoms with Crippen LogP contribution < -0.4 is 10.9 Å². The molecule has 110 valence electrons. The van der Waals surface area contributed by atoms with Crippen molar-refractivity contribution in [1.29, 1.82) is 0 Å². The summed E-state index contributed by atoms with van der Waals surface area (Å²) in [5.74, 6) is -0.688. The van der Waals surface area contributed by atoms with Gasteiger partial charge in [-0.15, -0.1) is 0 Å². The van der Waals surface area contributed by atoms with Crippen LogP contribution in [-0.4, -0.2) is 10.9 Å². The average Bonchev–Trinajstić information content (AvgIpc) is 2.41. The van der Waals surface area contributed by atoms with Crippen molar-refractivity contribution in [3.8, 4) is 0 Å². The number of aromatic amines is 1. The quantitative estimate of drug-likeness (QED) is 0.893. The van der Waals surface area contributed by atoms with Crippen LogP contribution in [0.15, 0.2) is 41.3 Å². The highest BCUT2D eigenvalue weighted by molar-refractivity contribution is 6.30. The first kappa shape index (κ1) is 15.1. The van der Waals surface area contributed by atoms with Gasteiger partial charge in [0.25, 0.3) is 11.5 Å². The molecule has 2 aromatic rings. The van der Waals surface area contributed by atoms with Crippen LogP contribution in [0.2, 0.25) is 5.02 Å². The first-order valence-corrected chi connectivity index (χ1v) is 6.02. The third-order valence-corrected chi connectivity index (χ3v) is 2.85. The molecule has 0 spiro atoms. The minimum absolute atomic E-state index is 0.0165. The molecule has 0 unspecified atom stereocenters. The van der Waals surface area contributed by atoms with Crippen LogP contribution in [0, 0.1) is 0 Å². The van der Waals surface area contributed by atoms with Gasteiger partial charge in [0.2, 0.25) is 0 Å². The molecule has 0 aliphatic heterocycles. The number of halogens is 4. The molecule has 0 atom stereocenters. The average molecular weight is 317 g/mol. The van der Waals surface area contributed by atoms with Crippen LogP contribution in [0.25, 0.3) is 0 Å². The van der Waals surface area contributed by atoms with E-state index >= 15 is 0 Å². The molecule has 0 bridgehead atoms. The zero-order valence-corrected chi connectivity index (χ0v) is 11.0. The summed E-state index contributed by atoms with van der Waals surface area (Å²) in [5.41, 5.74) is -1.43. The Labute approximate surface area is 121 Å². The van der Waals surface area contributed by atoms with E-state index < -0.39 is 23.2 Å². The highest BCUT2D eigenvalue weighted by Gasteiger charge is 2.30. The van der Waals surface area contributed by atoms with E-state index in [0.29, 0.717) is 0 Å². The van der Waals surface area contributed by atoms with E-state index in [0.717, 1.165) is 24.4 Å². The second-order valence-corrected chi connectivity index (χ2v) is 4.51. The lowest BCUT2D eigenvalue weighted by Gasteiger charge is -2.09. The Morgan fingerprint density at radius 2 is 1.95 bits per heavy atom. The minimum atomic E-state index is -4.50. The Kier molecular flexibility index (Phi) is 4.04. The lowest BCUT2D eigenvalue weighted by molar-refractivity contribution is -0.137. The second kappa shape index (κ2) is 5.61. The third-order valence-electron chi connectivity index (χ3n) is 2.57. The number of carbonyl (C=O) groups is 1. The minimum Gasteiger partial charge on any atom is -0.327 e. The maximum atomic E-state index is 12.6. The van der Waals surface area contributed by atoms with Crippen molar-refractivity contribution in [2.75, 3.05) is 5.32 Å². The van der Waals surface area contributed by atoms with Crippen LogP contribution >= 0.6 is 11.6 Å². The molecule has 0 saturated carbocycles. The summed E-state index contributed by atoms with van der Waals surface area (Å²) in [6, 6.07) is 5.33. The van der Waals surface area contributed by atoms with Gasteiger partial charge in [0.1, 0.15) is 5.02 Å². The molecule has 1 amide bonds. The SMILES string of the molecule is O=C(Nc1cccc(C(F)(F)F)c1)c1c[nH]c(=O)c(Cl)c1. The molecule has 0 aliphatic rings. The summed E-state index contributed by atoms with van der Waals surface area (Å²) >= 11 is 5.57. The smallest absolute Gasteiger partial charge is 0.327 e. The fraction of sp³-hybridized carbons (Fsp3) is 0.0769. The molecule has 0 fully saturated rings. The zero-order chi connectivity index (χ0) is 15.6. The van der Waals surface area contributed by atoms with Crippen LogP contribution in [0.4, 0.5) is 18.9 Å². The van der Waals surface area contributed by atoms with E-state index in [9.17, 15) is 22.8 Å². The molecule has 4 nitrogen and oxygen atoms in total. The fourth-order valence-corrected chi connectivity index (χ4v) is 1.74. The largest absolute Gasteiger partial charge is 0.416 e. The molecule has 8 heteroatoms. The highest BCUT2D eigenvalue weighted by Crippen LogP contribution is 2.30. The van der Waals surface area contributed by atoms with E-state index in [-0.39, 0.29) is 16.3 Å². The number of pyridine rings is 1. The second-order valence-electron chi connectivity index (χ2n) is 4.10. The summed E-state index contributed by atoms with van der Waals surface area (Å²) in [6.45, 7) is 0. The first-order chi connectivity index (χ1) is 9.77. The molecular formula is C13H8ClF3N2O2. The van der Waals surface area contributed by atoms with Crippen LogP contribution in [0.1, 0.15) is 15.9 Å². The molecule has 0 saturated heterocycles. The van der Waals surface area contributed by atoms with Crippen molar-refractivity contribution in [2.24, 2.45) is 0 Å². The van der Waals surface area contributed by atoms with Gasteiger partial charge in [-0.2, -0.15) is 13.2 Å². The molecule has 1 aromatic heterocycles. The van der Waals surface area contributed by atoms with E-state index in [1.807, 2.05) is 0 Å². The zero-order valence-electron chi connectivity index (χ0n) is 10.3. The van der Waals surface area contributed by atoms with E-state index in [2.05, 4.69) is 10.3 Å². The van der Waals surface area contributed by atoms with Crippen LogP contribution in [-0.2, 0) is 6.18 Å². The number of aromatic nitrogens is 1. The summed E-state index contributed by atoms with van der Waals surface area (Å²) in [5, 5.41) is 2.11. The van der Waals surface area contributed by atoms with E-state index in [1.54, 1.807) is 0 Å².